The van der Waals surface area contributed by atoms with Crippen LogP contribution in [0.5, 0.6) is 0 Å². The number of hydrogen-bond acceptors (Lipinski definition) is 4. The van der Waals surface area contributed by atoms with Crippen LogP contribution in [0.3, 0.4) is 0 Å². The number of hydrogen-bond donors (Lipinski definition) is 3. The standard InChI is InChI=1S/C11H21N3O3/c1-10(2,9(12)16)5-14-8(15)4-17-11(3)6-13-7-11/h13H,4-7H2,1-3H3,(H2,12,16)(H,14,15). The van der Waals surface area contributed by atoms with Crippen molar-refractivity contribution in [2.75, 3.05) is 26.2 Å². The zero-order chi connectivity index (χ0) is 13.1. The largest absolute Gasteiger partial charge is 0.369 e. The normalized spacial score (nSPS) is 18.3. The molecule has 1 fully saturated rings. The Kier molecular flexibility index (Phi) is 4.11. The van der Waals surface area contributed by atoms with Crippen LogP contribution in [0.1, 0.15) is 20.8 Å². The summed E-state index contributed by atoms with van der Waals surface area (Å²) in [6.07, 6.45) is 0. The molecular formula is C11H21N3O3. The highest BCUT2D eigenvalue weighted by molar-refractivity contribution is 5.82. The van der Waals surface area contributed by atoms with Crippen LogP contribution in [0.4, 0.5) is 0 Å². The van der Waals surface area contributed by atoms with Gasteiger partial charge in [0, 0.05) is 19.6 Å². The number of amides is 2. The second kappa shape index (κ2) is 5.01. The van der Waals surface area contributed by atoms with E-state index in [1.807, 2.05) is 6.92 Å². The highest BCUT2D eigenvalue weighted by atomic mass is 16.5. The van der Waals surface area contributed by atoms with Gasteiger partial charge in [0.2, 0.25) is 11.8 Å². The molecule has 0 saturated carbocycles. The predicted molar refractivity (Wildman–Crippen MR) is 63.2 cm³/mol. The van der Waals surface area contributed by atoms with Crippen LogP contribution in [0.15, 0.2) is 0 Å². The van der Waals surface area contributed by atoms with Gasteiger partial charge in [-0.25, -0.2) is 0 Å². The first-order valence-electron chi connectivity index (χ1n) is 5.66. The maximum absolute atomic E-state index is 11.5. The molecule has 0 unspecified atom stereocenters. The van der Waals surface area contributed by atoms with E-state index < -0.39 is 11.3 Å². The van der Waals surface area contributed by atoms with Crippen LogP contribution in [0.25, 0.3) is 0 Å². The van der Waals surface area contributed by atoms with Crippen molar-refractivity contribution in [3.05, 3.63) is 0 Å². The van der Waals surface area contributed by atoms with Gasteiger partial charge < -0.3 is 21.1 Å². The molecule has 0 radical (unpaired) electrons. The number of nitrogens with one attached hydrogen (secondary N) is 2. The number of primary amides is 1. The Morgan fingerprint density at radius 3 is 2.47 bits per heavy atom. The van der Waals surface area contributed by atoms with Gasteiger partial charge in [-0.05, 0) is 20.8 Å². The minimum Gasteiger partial charge on any atom is -0.369 e. The SMILES string of the molecule is CC1(OCC(=O)NCC(C)(C)C(N)=O)CNC1. The van der Waals surface area contributed by atoms with Crippen molar-refractivity contribution in [2.45, 2.75) is 26.4 Å². The highest BCUT2D eigenvalue weighted by Crippen LogP contribution is 2.15. The van der Waals surface area contributed by atoms with Crippen LogP contribution in [-0.2, 0) is 14.3 Å². The Labute approximate surface area is 101 Å². The summed E-state index contributed by atoms with van der Waals surface area (Å²) in [5, 5.41) is 5.72. The molecule has 0 aromatic rings. The van der Waals surface area contributed by atoms with Gasteiger partial charge in [-0.15, -0.1) is 0 Å². The molecule has 0 aliphatic carbocycles. The molecule has 1 aliphatic heterocycles. The van der Waals surface area contributed by atoms with Crippen molar-refractivity contribution in [2.24, 2.45) is 11.1 Å². The third kappa shape index (κ3) is 3.98. The van der Waals surface area contributed by atoms with Crippen molar-refractivity contribution in [3.8, 4) is 0 Å². The molecule has 17 heavy (non-hydrogen) atoms. The summed E-state index contributed by atoms with van der Waals surface area (Å²) in [5.41, 5.74) is 4.22. The van der Waals surface area contributed by atoms with Gasteiger partial charge in [0.15, 0.2) is 0 Å². The van der Waals surface area contributed by atoms with E-state index in [1.165, 1.54) is 0 Å². The lowest BCUT2D eigenvalue weighted by Gasteiger charge is -2.38. The van der Waals surface area contributed by atoms with Crippen molar-refractivity contribution in [1.82, 2.24) is 10.6 Å². The Bertz CT molecular complexity index is 311. The summed E-state index contributed by atoms with van der Waals surface area (Å²) in [6.45, 7) is 7.07. The van der Waals surface area contributed by atoms with Gasteiger partial charge in [0.1, 0.15) is 6.61 Å². The van der Waals surface area contributed by atoms with Crippen LogP contribution in [0, 0.1) is 5.41 Å². The molecule has 98 valence electrons. The average molecular weight is 243 g/mol. The Hall–Kier alpha value is -1.14. The van der Waals surface area contributed by atoms with Gasteiger partial charge >= 0.3 is 0 Å². The second-order valence-corrected chi connectivity index (χ2v) is 5.37. The molecule has 1 rings (SSSR count). The van der Waals surface area contributed by atoms with Gasteiger partial charge in [-0.2, -0.15) is 0 Å². The van der Waals surface area contributed by atoms with Gasteiger partial charge in [0.05, 0.1) is 11.0 Å². The monoisotopic (exact) mass is 243 g/mol. The molecule has 0 atom stereocenters. The van der Waals surface area contributed by atoms with E-state index in [0.717, 1.165) is 13.1 Å². The molecule has 4 N–H and O–H groups in total. The first kappa shape index (κ1) is 13.9. The summed E-state index contributed by atoms with van der Waals surface area (Å²) in [5.74, 6) is -0.665. The van der Waals surface area contributed by atoms with Crippen molar-refractivity contribution >= 4 is 11.8 Å². The molecule has 0 bridgehead atoms. The van der Waals surface area contributed by atoms with E-state index in [4.69, 9.17) is 10.5 Å². The Morgan fingerprint density at radius 1 is 1.47 bits per heavy atom. The maximum atomic E-state index is 11.5. The zero-order valence-corrected chi connectivity index (χ0v) is 10.6. The van der Waals surface area contributed by atoms with E-state index in [2.05, 4.69) is 10.6 Å². The minimum atomic E-state index is -0.739. The second-order valence-electron chi connectivity index (χ2n) is 5.37. The van der Waals surface area contributed by atoms with Crippen LogP contribution in [-0.4, -0.2) is 43.7 Å². The molecule has 1 heterocycles. The fourth-order valence-electron chi connectivity index (χ4n) is 1.28. The van der Waals surface area contributed by atoms with Crippen LogP contribution in [0.2, 0.25) is 0 Å². The predicted octanol–water partition coefficient (Wildman–Crippen LogP) is -1.01. The van der Waals surface area contributed by atoms with Gasteiger partial charge in [-0.3, -0.25) is 9.59 Å². The summed E-state index contributed by atoms with van der Waals surface area (Å²) in [6, 6.07) is 0. The lowest BCUT2D eigenvalue weighted by molar-refractivity contribution is -0.136. The molecule has 1 aliphatic rings. The fraction of sp³-hybridized carbons (Fsp3) is 0.818. The number of nitrogens with two attached hydrogens (primary N) is 1. The van der Waals surface area contributed by atoms with Crippen LogP contribution >= 0.6 is 0 Å². The van der Waals surface area contributed by atoms with Crippen molar-refractivity contribution in [1.29, 1.82) is 0 Å². The smallest absolute Gasteiger partial charge is 0.246 e. The first-order valence-corrected chi connectivity index (χ1v) is 5.66. The molecule has 0 spiro atoms. The lowest BCUT2D eigenvalue weighted by atomic mass is 9.93. The molecule has 6 nitrogen and oxygen atoms in total. The fourth-order valence-corrected chi connectivity index (χ4v) is 1.28. The number of ether oxygens (including phenoxy) is 1. The minimum absolute atomic E-state index is 0.00697. The molecule has 0 aromatic heterocycles. The topological polar surface area (TPSA) is 93.4 Å². The van der Waals surface area contributed by atoms with E-state index in [-0.39, 0.29) is 24.7 Å². The first-order chi connectivity index (χ1) is 7.75. The highest BCUT2D eigenvalue weighted by Gasteiger charge is 2.33. The number of carbonyl (C=O) groups excluding carboxylic acids is 2. The average Bonchev–Trinajstić information content (AvgIpc) is 2.20. The van der Waals surface area contributed by atoms with Gasteiger partial charge in [-0.1, -0.05) is 0 Å². The Balaban J connectivity index is 2.23. The van der Waals surface area contributed by atoms with Crippen LogP contribution < -0.4 is 16.4 Å². The lowest BCUT2D eigenvalue weighted by Crippen LogP contribution is -2.59. The van der Waals surface area contributed by atoms with E-state index in [0.29, 0.717) is 0 Å². The molecular weight excluding hydrogens is 222 g/mol. The third-order valence-electron chi connectivity index (χ3n) is 2.94. The zero-order valence-electron chi connectivity index (χ0n) is 10.6. The third-order valence-corrected chi connectivity index (χ3v) is 2.94. The molecule has 1 saturated heterocycles. The number of rotatable bonds is 6. The molecule has 0 aromatic carbocycles. The van der Waals surface area contributed by atoms with E-state index >= 15 is 0 Å². The maximum Gasteiger partial charge on any atom is 0.246 e. The Morgan fingerprint density at radius 2 is 2.06 bits per heavy atom. The van der Waals surface area contributed by atoms with E-state index in [1.54, 1.807) is 13.8 Å². The molecule has 2 amide bonds. The van der Waals surface area contributed by atoms with E-state index in [9.17, 15) is 9.59 Å². The summed E-state index contributed by atoms with van der Waals surface area (Å²) < 4.78 is 5.46. The number of carbonyl (C=O) groups is 2. The quantitative estimate of drug-likeness (QED) is 0.557. The van der Waals surface area contributed by atoms with Crippen molar-refractivity contribution in [3.63, 3.8) is 0 Å². The molecule has 6 heteroatoms. The van der Waals surface area contributed by atoms with Gasteiger partial charge in [0.25, 0.3) is 0 Å². The summed E-state index contributed by atoms with van der Waals surface area (Å²) >= 11 is 0. The summed E-state index contributed by atoms with van der Waals surface area (Å²) in [7, 11) is 0. The summed E-state index contributed by atoms with van der Waals surface area (Å²) in [4.78, 5) is 22.5. The van der Waals surface area contributed by atoms with Crippen molar-refractivity contribution < 1.29 is 14.3 Å².